The smallest absolute Gasteiger partial charge is 0.323 e. The van der Waals surface area contributed by atoms with Crippen molar-refractivity contribution in [3.8, 4) is 0 Å². The van der Waals surface area contributed by atoms with E-state index in [0.29, 0.717) is 5.69 Å². The predicted octanol–water partition coefficient (Wildman–Crippen LogP) is -1.92. The van der Waals surface area contributed by atoms with Crippen LogP contribution in [0.3, 0.4) is 0 Å². The van der Waals surface area contributed by atoms with E-state index in [1.165, 1.54) is 6.20 Å². The molecule has 1 aromatic rings. The number of aromatic nitrogens is 2. The summed E-state index contributed by atoms with van der Waals surface area (Å²) < 4.78 is 0. The van der Waals surface area contributed by atoms with E-state index in [1.807, 2.05) is 0 Å². The highest BCUT2D eigenvalue weighted by Crippen LogP contribution is 1.88. The molecule has 0 fully saturated rings. The van der Waals surface area contributed by atoms with E-state index >= 15 is 0 Å². The zero-order chi connectivity index (χ0) is 10.4. The lowest BCUT2D eigenvalue weighted by Gasteiger charge is -2.01. The van der Waals surface area contributed by atoms with Gasteiger partial charge in [0.25, 0.3) is 0 Å². The Kier molecular flexibility index (Phi) is 3.50. The lowest BCUT2D eigenvalue weighted by atomic mass is 10.4. The summed E-state index contributed by atoms with van der Waals surface area (Å²) in [6, 6.07) is 3.35. The zero-order valence-electron chi connectivity index (χ0n) is 7.23. The summed E-state index contributed by atoms with van der Waals surface area (Å²) in [7, 11) is 0. The van der Waals surface area contributed by atoms with Crippen molar-refractivity contribution >= 4 is 11.8 Å². The van der Waals surface area contributed by atoms with Crippen LogP contribution in [0, 0.1) is 0 Å². The Morgan fingerprint density at radius 1 is 1.43 bits per heavy atom. The maximum Gasteiger partial charge on any atom is 0.323 e. The van der Waals surface area contributed by atoms with Gasteiger partial charge in [0.1, 0.15) is 0 Å². The lowest BCUT2D eigenvalue weighted by Crippen LogP contribution is -2.42. The molecular formula is C7H9N5O2. The molecule has 7 nitrogen and oxygen atoms in total. The first kappa shape index (κ1) is 10.1. The van der Waals surface area contributed by atoms with Gasteiger partial charge in [0.05, 0.1) is 12.2 Å². The van der Waals surface area contributed by atoms with Crippen molar-refractivity contribution in [2.45, 2.75) is 6.54 Å². The predicted molar refractivity (Wildman–Crippen MR) is 46.2 cm³/mol. The summed E-state index contributed by atoms with van der Waals surface area (Å²) >= 11 is 0. The van der Waals surface area contributed by atoms with Crippen molar-refractivity contribution in [2.24, 2.45) is 5.84 Å². The number of nitrogens with one attached hydrogen (secondary N) is 2. The second-order valence-electron chi connectivity index (χ2n) is 2.37. The molecule has 0 bridgehead atoms. The maximum atomic E-state index is 10.9. The van der Waals surface area contributed by atoms with E-state index < -0.39 is 11.8 Å². The Morgan fingerprint density at radius 3 is 2.79 bits per heavy atom. The Morgan fingerprint density at radius 2 is 2.21 bits per heavy atom. The monoisotopic (exact) mass is 195 g/mol. The Bertz CT molecular complexity index is 326. The van der Waals surface area contributed by atoms with Gasteiger partial charge in [0.15, 0.2) is 0 Å². The summed E-state index contributed by atoms with van der Waals surface area (Å²) in [5.41, 5.74) is 2.27. The van der Waals surface area contributed by atoms with E-state index in [9.17, 15) is 9.59 Å². The van der Waals surface area contributed by atoms with Crippen molar-refractivity contribution in [1.29, 1.82) is 0 Å². The van der Waals surface area contributed by atoms with Gasteiger partial charge in [-0.3, -0.25) is 15.0 Å². The first-order chi connectivity index (χ1) is 6.74. The van der Waals surface area contributed by atoms with E-state index in [4.69, 9.17) is 5.84 Å². The van der Waals surface area contributed by atoms with Crippen LogP contribution in [0.1, 0.15) is 5.69 Å². The number of carbonyl (C=O) groups excluding carboxylic acids is 2. The van der Waals surface area contributed by atoms with E-state index in [2.05, 4.69) is 15.5 Å². The standard InChI is InChI=1S/C7H9N5O2/c8-11-7(14)6(13)9-4-5-2-1-3-10-12-5/h1-3H,4,8H2,(H,9,13)(H,11,14). The van der Waals surface area contributed by atoms with Crippen LogP contribution < -0.4 is 16.6 Å². The Hall–Kier alpha value is -2.02. The van der Waals surface area contributed by atoms with Gasteiger partial charge in [0, 0.05) is 6.20 Å². The van der Waals surface area contributed by atoms with Gasteiger partial charge in [0.2, 0.25) is 0 Å². The quantitative estimate of drug-likeness (QED) is 0.220. The average Bonchev–Trinajstić information content (AvgIpc) is 2.26. The summed E-state index contributed by atoms with van der Waals surface area (Å²) in [4.78, 5) is 21.5. The van der Waals surface area contributed by atoms with Crippen molar-refractivity contribution in [3.63, 3.8) is 0 Å². The number of hydrogen-bond donors (Lipinski definition) is 3. The first-order valence-electron chi connectivity index (χ1n) is 3.79. The van der Waals surface area contributed by atoms with Gasteiger partial charge in [-0.25, -0.2) is 5.84 Å². The minimum atomic E-state index is -0.895. The van der Waals surface area contributed by atoms with Crippen molar-refractivity contribution in [1.82, 2.24) is 20.9 Å². The number of nitrogens with two attached hydrogens (primary N) is 1. The fourth-order valence-corrected chi connectivity index (χ4v) is 0.744. The molecule has 0 saturated heterocycles. The molecule has 0 radical (unpaired) electrons. The van der Waals surface area contributed by atoms with Crippen molar-refractivity contribution in [2.75, 3.05) is 0 Å². The van der Waals surface area contributed by atoms with Crippen LogP contribution in [-0.4, -0.2) is 22.0 Å². The third-order valence-electron chi connectivity index (χ3n) is 1.39. The molecule has 74 valence electrons. The fraction of sp³-hybridized carbons (Fsp3) is 0.143. The molecule has 0 aliphatic carbocycles. The zero-order valence-corrected chi connectivity index (χ0v) is 7.23. The van der Waals surface area contributed by atoms with Gasteiger partial charge in [-0.05, 0) is 12.1 Å². The Labute approximate surface area is 79.7 Å². The van der Waals surface area contributed by atoms with Crippen molar-refractivity contribution in [3.05, 3.63) is 24.0 Å². The van der Waals surface area contributed by atoms with E-state index in [0.717, 1.165) is 0 Å². The lowest BCUT2D eigenvalue weighted by molar-refractivity contribution is -0.139. The highest BCUT2D eigenvalue weighted by atomic mass is 16.2. The molecule has 14 heavy (non-hydrogen) atoms. The minimum absolute atomic E-state index is 0.139. The summed E-state index contributed by atoms with van der Waals surface area (Å²) in [6.45, 7) is 0.139. The summed E-state index contributed by atoms with van der Waals surface area (Å²) in [6.07, 6.45) is 1.51. The molecule has 1 rings (SSSR count). The van der Waals surface area contributed by atoms with E-state index in [1.54, 1.807) is 17.6 Å². The SMILES string of the molecule is NNC(=O)C(=O)NCc1cccnn1. The number of amides is 2. The molecule has 7 heteroatoms. The first-order valence-corrected chi connectivity index (χ1v) is 3.79. The Balaban J connectivity index is 2.42. The van der Waals surface area contributed by atoms with Crippen LogP contribution in [0.25, 0.3) is 0 Å². The number of hydrogen-bond acceptors (Lipinski definition) is 5. The van der Waals surface area contributed by atoms with Crippen molar-refractivity contribution < 1.29 is 9.59 Å². The summed E-state index contributed by atoms with van der Waals surface area (Å²) in [5, 5.41) is 9.63. The van der Waals surface area contributed by atoms with Gasteiger partial charge in [-0.2, -0.15) is 10.2 Å². The second kappa shape index (κ2) is 4.87. The number of rotatable bonds is 2. The molecule has 0 saturated carbocycles. The molecule has 4 N–H and O–H groups in total. The molecule has 0 aliphatic rings. The van der Waals surface area contributed by atoms with Crippen LogP contribution in [0.2, 0.25) is 0 Å². The normalized spacial score (nSPS) is 9.21. The largest absolute Gasteiger partial charge is 0.342 e. The average molecular weight is 195 g/mol. The van der Waals surface area contributed by atoms with Gasteiger partial charge in [-0.15, -0.1) is 0 Å². The molecule has 0 spiro atoms. The van der Waals surface area contributed by atoms with Crippen LogP contribution in [-0.2, 0) is 16.1 Å². The van der Waals surface area contributed by atoms with Gasteiger partial charge >= 0.3 is 11.8 Å². The minimum Gasteiger partial charge on any atom is -0.342 e. The van der Waals surface area contributed by atoms with Crippen LogP contribution >= 0.6 is 0 Å². The summed E-state index contributed by atoms with van der Waals surface area (Å²) in [5.74, 6) is 3.05. The number of nitrogens with zero attached hydrogens (tertiary/aromatic N) is 2. The molecule has 0 aliphatic heterocycles. The maximum absolute atomic E-state index is 10.9. The highest BCUT2D eigenvalue weighted by molar-refractivity contribution is 6.34. The highest BCUT2D eigenvalue weighted by Gasteiger charge is 2.10. The van der Waals surface area contributed by atoms with Gasteiger partial charge in [-0.1, -0.05) is 0 Å². The third kappa shape index (κ3) is 2.79. The van der Waals surface area contributed by atoms with Crippen LogP contribution in [0.15, 0.2) is 18.3 Å². The molecule has 1 heterocycles. The molecule has 0 aromatic carbocycles. The molecule has 2 amide bonds. The second-order valence-corrected chi connectivity index (χ2v) is 2.37. The van der Waals surface area contributed by atoms with Crippen LogP contribution in [0.5, 0.6) is 0 Å². The van der Waals surface area contributed by atoms with Crippen LogP contribution in [0.4, 0.5) is 0 Å². The topological polar surface area (TPSA) is 110 Å². The molecule has 0 unspecified atom stereocenters. The number of hydrazine groups is 1. The molecule has 0 atom stereocenters. The molecular weight excluding hydrogens is 186 g/mol. The fourth-order valence-electron chi connectivity index (χ4n) is 0.744. The third-order valence-corrected chi connectivity index (χ3v) is 1.39. The number of carbonyl (C=O) groups is 2. The molecule has 1 aromatic heterocycles. The van der Waals surface area contributed by atoms with E-state index in [-0.39, 0.29) is 6.54 Å². The van der Waals surface area contributed by atoms with Gasteiger partial charge < -0.3 is 5.32 Å².